The molecule has 0 aliphatic heterocycles. The van der Waals surface area contributed by atoms with E-state index in [0.29, 0.717) is 11.1 Å². The zero-order valence-corrected chi connectivity index (χ0v) is 12.7. The normalized spacial score (nSPS) is 12.4. The van der Waals surface area contributed by atoms with E-state index >= 15 is 0 Å². The van der Waals surface area contributed by atoms with E-state index in [-0.39, 0.29) is 6.04 Å². The van der Waals surface area contributed by atoms with E-state index in [0.717, 1.165) is 24.5 Å². The Labute approximate surface area is 125 Å². The molecule has 0 heterocycles. The molecule has 112 valence electrons. The molecule has 1 N–H and O–H groups in total. The third-order valence-corrected chi connectivity index (χ3v) is 3.70. The van der Waals surface area contributed by atoms with Crippen LogP contribution in [-0.4, -0.2) is 7.05 Å². The number of hydrogen-bond donors (Lipinski definition) is 1. The van der Waals surface area contributed by atoms with Gasteiger partial charge in [0.2, 0.25) is 0 Å². The summed E-state index contributed by atoms with van der Waals surface area (Å²) < 4.78 is 27.6. The molecule has 2 rings (SSSR count). The van der Waals surface area contributed by atoms with Gasteiger partial charge in [0.15, 0.2) is 0 Å². The summed E-state index contributed by atoms with van der Waals surface area (Å²) in [6, 6.07) is 10.4. The van der Waals surface area contributed by atoms with Gasteiger partial charge in [0, 0.05) is 11.6 Å². The van der Waals surface area contributed by atoms with Gasteiger partial charge >= 0.3 is 0 Å². The van der Waals surface area contributed by atoms with Gasteiger partial charge in [-0.15, -0.1) is 0 Å². The molecule has 0 saturated heterocycles. The van der Waals surface area contributed by atoms with E-state index in [4.69, 9.17) is 0 Å². The molecule has 21 heavy (non-hydrogen) atoms. The highest BCUT2D eigenvalue weighted by Crippen LogP contribution is 2.27. The van der Waals surface area contributed by atoms with Crippen molar-refractivity contribution in [1.29, 1.82) is 0 Å². The van der Waals surface area contributed by atoms with E-state index in [1.807, 2.05) is 12.1 Å². The van der Waals surface area contributed by atoms with Crippen LogP contribution in [-0.2, 0) is 6.42 Å². The minimum absolute atomic E-state index is 0.277. The smallest absolute Gasteiger partial charge is 0.131 e. The molecule has 0 spiro atoms. The van der Waals surface area contributed by atoms with Crippen LogP contribution in [0.2, 0.25) is 0 Å². The summed E-state index contributed by atoms with van der Waals surface area (Å²) in [4.78, 5) is 0. The molecule has 1 unspecified atom stereocenters. The minimum Gasteiger partial charge on any atom is -0.309 e. The third kappa shape index (κ3) is 3.48. The Kier molecular flexibility index (Phi) is 5.07. The summed E-state index contributed by atoms with van der Waals surface area (Å²) in [5.41, 5.74) is 3.16. The van der Waals surface area contributed by atoms with E-state index in [9.17, 15) is 8.78 Å². The molecule has 2 aromatic carbocycles. The lowest BCUT2D eigenvalue weighted by Gasteiger charge is -2.19. The molecule has 0 bridgehead atoms. The lowest BCUT2D eigenvalue weighted by atomic mass is 9.94. The fourth-order valence-corrected chi connectivity index (χ4v) is 2.62. The average molecular weight is 289 g/mol. The number of rotatable bonds is 5. The molecule has 3 heteroatoms. The zero-order valence-electron chi connectivity index (χ0n) is 12.7. The summed E-state index contributed by atoms with van der Waals surface area (Å²) in [6.45, 7) is 3.78. The Morgan fingerprint density at radius 1 is 1.10 bits per heavy atom. The number of nitrogens with one attached hydrogen (secondary N) is 1. The van der Waals surface area contributed by atoms with Crippen molar-refractivity contribution in [3.05, 3.63) is 70.3 Å². The van der Waals surface area contributed by atoms with Gasteiger partial charge in [0.05, 0.1) is 6.04 Å². The summed E-state index contributed by atoms with van der Waals surface area (Å²) in [5.74, 6) is -1.02. The Balaban J connectivity index is 2.44. The summed E-state index contributed by atoms with van der Waals surface area (Å²) >= 11 is 0. The van der Waals surface area contributed by atoms with Gasteiger partial charge in [0.1, 0.15) is 11.6 Å². The molecule has 1 nitrogen and oxygen atoms in total. The Morgan fingerprint density at radius 2 is 1.86 bits per heavy atom. The molecule has 0 saturated carbocycles. The van der Waals surface area contributed by atoms with Crippen molar-refractivity contribution in [1.82, 2.24) is 5.32 Å². The number of halogens is 2. The average Bonchev–Trinajstić information content (AvgIpc) is 2.46. The van der Waals surface area contributed by atoms with Crippen LogP contribution in [0.3, 0.4) is 0 Å². The second-order valence-electron chi connectivity index (χ2n) is 5.34. The van der Waals surface area contributed by atoms with Crippen LogP contribution in [0.4, 0.5) is 8.78 Å². The first-order valence-electron chi connectivity index (χ1n) is 7.28. The van der Waals surface area contributed by atoms with Gasteiger partial charge in [-0.3, -0.25) is 0 Å². The fourth-order valence-electron chi connectivity index (χ4n) is 2.62. The van der Waals surface area contributed by atoms with Crippen LogP contribution in [0, 0.1) is 18.6 Å². The number of aryl methyl sites for hydroxylation is 2. The molecule has 0 radical (unpaired) electrons. The maximum absolute atomic E-state index is 14.1. The van der Waals surface area contributed by atoms with Gasteiger partial charge in [0.25, 0.3) is 0 Å². The van der Waals surface area contributed by atoms with Crippen molar-refractivity contribution >= 4 is 0 Å². The van der Waals surface area contributed by atoms with Crippen LogP contribution in [0.5, 0.6) is 0 Å². The lowest BCUT2D eigenvalue weighted by molar-refractivity contribution is 0.547. The Hall–Kier alpha value is -1.74. The standard InChI is InChI=1S/C18H21F2N/c1-4-6-13-7-5-8-14(10-13)18(21-3)15-9-12(2)16(19)11-17(15)20/h5,7-11,18,21H,4,6H2,1-3H3. The maximum Gasteiger partial charge on any atom is 0.131 e. The number of hydrogen-bond acceptors (Lipinski definition) is 1. The molecule has 0 fully saturated rings. The van der Waals surface area contributed by atoms with Crippen molar-refractivity contribution in [3.63, 3.8) is 0 Å². The van der Waals surface area contributed by atoms with Gasteiger partial charge < -0.3 is 5.32 Å². The SMILES string of the molecule is CCCc1cccc(C(NC)c2cc(C)c(F)cc2F)c1. The van der Waals surface area contributed by atoms with Crippen molar-refractivity contribution < 1.29 is 8.78 Å². The van der Waals surface area contributed by atoms with E-state index in [1.165, 1.54) is 5.56 Å². The Bertz CT molecular complexity index is 623. The van der Waals surface area contributed by atoms with Crippen molar-refractivity contribution in [2.24, 2.45) is 0 Å². The van der Waals surface area contributed by atoms with E-state index < -0.39 is 11.6 Å². The molecule has 0 aromatic heterocycles. The monoisotopic (exact) mass is 289 g/mol. The van der Waals surface area contributed by atoms with Crippen LogP contribution >= 0.6 is 0 Å². The van der Waals surface area contributed by atoms with Gasteiger partial charge in [-0.25, -0.2) is 8.78 Å². The number of benzene rings is 2. The topological polar surface area (TPSA) is 12.0 Å². The van der Waals surface area contributed by atoms with Crippen LogP contribution in [0.25, 0.3) is 0 Å². The first-order chi connectivity index (χ1) is 10.1. The van der Waals surface area contributed by atoms with Crippen LogP contribution in [0.15, 0.2) is 36.4 Å². The lowest BCUT2D eigenvalue weighted by Crippen LogP contribution is -2.19. The highest BCUT2D eigenvalue weighted by molar-refractivity contribution is 5.37. The van der Waals surface area contributed by atoms with Crippen molar-refractivity contribution in [2.45, 2.75) is 32.7 Å². The van der Waals surface area contributed by atoms with Gasteiger partial charge in [-0.1, -0.05) is 37.6 Å². The first kappa shape index (κ1) is 15.6. The molecular weight excluding hydrogens is 268 g/mol. The highest BCUT2D eigenvalue weighted by atomic mass is 19.1. The minimum atomic E-state index is -0.515. The zero-order chi connectivity index (χ0) is 15.4. The van der Waals surface area contributed by atoms with Gasteiger partial charge in [-0.05, 0) is 43.1 Å². The van der Waals surface area contributed by atoms with Crippen LogP contribution in [0.1, 0.15) is 41.6 Å². The van der Waals surface area contributed by atoms with Gasteiger partial charge in [-0.2, -0.15) is 0 Å². The summed E-state index contributed by atoms with van der Waals surface area (Å²) in [5, 5.41) is 3.13. The molecule has 0 aliphatic rings. The second-order valence-corrected chi connectivity index (χ2v) is 5.34. The molecule has 0 aliphatic carbocycles. The molecular formula is C18H21F2N. The quantitative estimate of drug-likeness (QED) is 0.852. The van der Waals surface area contributed by atoms with Crippen LogP contribution < -0.4 is 5.32 Å². The summed E-state index contributed by atoms with van der Waals surface area (Å²) in [6.07, 6.45) is 2.06. The molecule has 0 amide bonds. The van der Waals surface area contributed by atoms with E-state index in [2.05, 4.69) is 24.4 Å². The highest BCUT2D eigenvalue weighted by Gasteiger charge is 2.18. The second kappa shape index (κ2) is 6.81. The first-order valence-corrected chi connectivity index (χ1v) is 7.28. The van der Waals surface area contributed by atoms with Crippen molar-refractivity contribution in [3.8, 4) is 0 Å². The predicted molar refractivity (Wildman–Crippen MR) is 82.4 cm³/mol. The largest absolute Gasteiger partial charge is 0.309 e. The molecule has 2 aromatic rings. The predicted octanol–water partition coefficient (Wildman–Crippen LogP) is 4.53. The fraction of sp³-hybridized carbons (Fsp3) is 0.333. The molecule has 1 atom stereocenters. The maximum atomic E-state index is 14.1. The van der Waals surface area contributed by atoms with E-state index in [1.54, 1.807) is 20.0 Å². The third-order valence-electron chi connectivity index (χ3n) is 3.70. The summed E-state index contributed by atoms with van der Waals surface area (Å²) in [7, 11) is 1.79. The Morgan fingerprint density at radius 3 is 2.52 bits per heavy atom. The van der Waals surface area contributed by atoms with Crippen molar-refractivity contribution in [2.75, 3.05) is 7.05 Å².